The highest BCUT2D eigenvalue weighted by atomic mass is 16.5. The third-order valence-electron chi connectivity index (χ3n) is 5.41. The Balaban J connectivity index is 1.54. The van der Waals surface area contributed by atoms with Crippen molar-refractivity contribution in [2.24, 2.45) is 0 Å². The molecule has 2 unspecified atom stereocenters. The monoisotopic (exact) mass is 341 g/mol. The molecule has 1 N–H and O–H groups in total. The Morgan fingerprint density at radius 1 is 1.16 bits per heavy atom. The van der Waals surface area contributed by atoms with Crippen LogP contribution in [0.3, 0.4) is 0 Å². The Bertz CT molecular complexity index is 939. The van der Waals surface area contributed by atoms with Crippen LogP contribution in [0.1, 0.15) is 55.3 Å². The fraction of sp³-hybridized carbons (Fsp3) is 0.529. The highest BCUT2D eigenvalue weighted by molar-refractivity contribution is 5.73. The molecule has 1 saturated carbocycles. The van der Waals surface area contributed by atoms with Crippen LogP contribution in [0.5, 0.6) is 0 Å². The summed E-state index contributed by atoms with van der Waals surface area (Å²) in [5.74, 6) is 1.74. The van der Waals surface area contributed by atoms with Gasteiger partial charge in [-0.25, -0.2) is 14.6 Å². The first-order chi connectivity index (χ1) is 12.3. The van der Waals surface area contributed by atoms with E-state index in [1.165, 1.54) is 0 Å². The van der Waals surface area contributed by atoms with Gasteiger partial charge >= 0.3 is 0 Å². The van der Waals surface area contributed by atoms with Crippen molar-refractivity contribution < 1.29 is 9.15 Å². The predicted octanol–water partition coefficient (Wildman–Crippen LogP) is 2.12. The zero-order valence-corrected chi connectivity index (χ0v) is 13.7. The number of aromatic nitrogens is 5. The molecule has 3 aromatic heterocycles. The van der Waals surface area contributed by atoms with Crippen LogP contribution in [0.2, 0.25) is 0 Å². The van der Waals surface area contributed by atoms with Crippen LogP contribution in [-0.4, -0.2) is 37.9 Å². The summed E-state index contributed by atoms with van der Waals surface area (Å²) in [5.41, 5.74) is 0.542. The van der Waals surface area contributed by atoms with Crippen molar-refractivity contribution in [1.29, 1.82) is 0 Å². The molecule has 5 rings (SSSR count). The van der Waals surface area contributed by atoms with Crippen LogP contribution in [-0.2, 0) is 4.74 Å². The number of H-pyrrole nitrogens is 1. The van der Waals surface area contributed by atoms with Crippen molar-refractivity contribution in [1.82, 2.24) is 24.7 Å². The lowest BCUT2D eigenvalue weighted by atomic mass is 9.73. The number of rotatable bonds is 3. The number of fused-ring (bicyclic) bond motifs is 1. The van der Waals surface area contributed by atoms with Gasteiger partial charge in [0.1, 0.15) is 17.5 Å². The quantitative estimate of drug-likeness (QED) is 0.783. The highest BCUT2D eigenvalue weighted by Crippen LogP contribution is 2.47. The highest BCUT2D eigenvalue weighted by Gasteiger charge is 2.38. The van der Waals surface area contributed by atoms with E-state index >= 15 is 0 Å². The van der Waals surface area contributed by atoms with E-state index in [4.69, 9.17) is 14.1 Å². The summed E-state index contributed by atoms with van der Waals surface area (Å²) in [6.45, 7) is 1.44. The summed E-state index contributed by atoms with van der Waals surface area (Å²) in [5, 5.41) is 4.98. The fourth-order valence-corrected chi connectivity index (χ4v) is 3.87. The molecule has 8 heteroatoms. The lowest BCUT2D eigenvalue weighted by Crippen LogP contribution is -2.27. The average Bonchev–Trinajstić information content (AvgIpc) is 3.25. The zero-order valence-electron chi connectivity index (χ0n) is 13.7. The first kappa shape index (κ1) is 14.8. The molecule has 0 spiro atoms. The number of ether oxygens (including phenoxy) is 1. The number of hydrogen-bond acceptors (Lipinski definition) is 6. The van der Waals surface area contributed by atoms with Crippen LogP contribution < -0.4 is 5.56 Å². The Morgan fingerprint density at radius 2 is 2.00 bits per heavy atom. The Labute approximate surface area is 143 Å². The van der Waals surface area contributed by atoms with Gasteiger partial charge in [0.2, 0.25) is 0 Å². The lowest BCUT2D eigenvalue weighted by molar-refractivity contribution is 0.0673. The van der Waals surface area contributed by atoms with Crippen molar-refractivity contribution >= 4 is 11.0 Å². The van der Waals surface area contributed by atoms with E-state index in [9.17, 15) is 4.79 Å². The van der Waals surface area contributed by atoms with E-state index in [0.717, 1.165) is 44.8 Å². The summed E-state index contributed by atoms with van der Waals surface area (Å²) < 4.78 is 12.8. The summed E-state index contributed by atoms with van der Waals surface area (Å²) in [4.78, 5) is 24.5. The number of oxazole rings is 1. The molecule has 0 bridgehead atoms. The van der Waals surface area contributed by atoms with Gasteiger partial charge in [0.25, 0.3) is 5.56 Å². The van der Waals surface area contributed by atoms with Gasteiger partial charge in [-0.3, -0.25) is 4.79 Å². The van der Waals surface area contributed by atoms with Crippen molar-refractivity contribution in [2.45, 2.75) is 43.6 Å². The Kier molecular flexibility index (Phi) is 3.44. The molecule has 1 aliphatic heterocycles. The minimum atomic E-state index is -0.128. The largest absolute Gasteiger partial charge is 0.449 e. The third-order valence-corrected chi connectivity index (χ3v) is 5.41. The van der Waals surface area contributed by atoms with Gasteiger partial charge in [-0.2, -0.15) is 5.10 Å². The van der Waals surface area contributed by atoms with Crippen LogP contribution >= 0.6 is 0 Å². The van der Waals surface area contributed by atoms with Crippen LogP contribution in [0.25, 0.3) is 11.0 Å². The second-order valence-electron chi connectivity index (χ2n) is 6.78. The van der Waals surface area contributed by atoms with Gasteiger partial charge < -0.3 is 14.1 Å². The summed E-state index contributed by atoms with van der Waals surface area (Å²) in [7, 11) is 0. The maximum atomic E-state index is 12.5. The van der Waals surface area contributed by atoms with Crippen LogP contribution in [0.15, 0.2) is 27.9 Å². The van der Waals surface area contributed by atoms with Crippen molar-refractivity contribution in [3.8, 4) is 0 Å². The van der Waals surface area contributed by atoms with Crippen molar-refractivity contribution in [3.05, 3.63) is 40.7 Å². The van der Waals surface area contributed by atoms with Gasteiger partial charge in [-0.05, 0) is 25.7 Å². The molecule has 0 aromatic carbocycles. The van der Waals surface area contributed by atoms with Crippen LogP contribution in [0, 0.1) is 0 Å². The number of nitrogens with zero attached hydrogens (tertiary/aromatic N) is 4. The minimum absolute atomic E-state index is 0.128. The maximum absolute atomic E-state index is 12.5. The standard InChI is InChI=1S/C17H19N5O3/c23-16-13-9-19-22(10-3-6-24-7-4-10)15(13)20-14(21-16)11-1-2-12(11)17-18-5-8-25-17/h5,8-12H,1-4,6-7H2,(H,20,21,23). The first-order valence-electron chi connectivity index (χ1n) is 8.76. The Morgan fingerprint density at radius 3 is 2.72 bits per heavy atom. The summed E-state index contributed by atoms with van der Waals surface area (Å²) in [6.07, 6.45) is 8.60. The van der Waals surface area contributed by atoms with E-state index in [1.807, 2.05) is 4.68 Å². The lowest BCUT2D eigenvalue weighted by Gasteiger charge is -2.33. The van der Waals surface area contributed by atoms with Gasteiger partial charge in [0.05, 0.1) is 18.4 Å². The van der Waals surface area contributed by atoms with Gasteiger partial charge in [-0.15, -0.1) is 0 Å². The number of nitrogens with one attached hydrogen (secondary N) is 1. The van der Waals surface area contributed by atoms with E-state index < -0.39 is 0 Å². The second kappa shape index (κ2) is 5.80. The average molecular weight is 341 g/mol. The predicted molar refractivity (Wildman–Crippen MR) is 88.5 cm³/mol. The zero-order chi connectivity index (χ0) is 16.8. The first-order valence-corrected chi connectivity index (χ1v) is 8.76. The van der Waals surface area contributed by atoms with E-state index in [1.54, 1.807) is 18.7 Å². The molecule has 25 heavy (non-hydrogen) atoms. The molecule has 2 fully saturated rings. The molecule has 0 amide bonds. The van der Waals surface area contributed by atoms with Gasteiger partial charge in [0.15, 0.2) is 11.5 Å². The molecule has 0 radical (unpaired) electrons. The number of hydrogen-bond donors (Lipinski definition) is 1. The molecule has 2 atom stereocenters. The SMILES string of the molecule is O=c1[nH]c(C2CCC2c2ncco2)nc2c1cnn2C1CCOCC1. The molecule has 1 saturated heterocycles. The molecule has 3 aromatic rings. The minimum Gasteiger partial charge on any atom is -0.449 e. The smallest absolute Gasteiger partial charge is 0.262 e. The van der Waals surface area contributed by atoms with Crippen molar-refractivity contribution in [2.75, 3.05) is 13.2 Å². The molecule has 8 nitrogen and oxygen atoms in total. The summed E-state index contributed by atoms with van der Waals surface area (Å²) in [6, 6.07) is 0.234. The number of aromatic amines is 1. The van der Waals surface area contributed by atoms with Crippen LogP contribution in [0.4, 0.5) is 0 Å². The topological polar surface area (TPSA) is 98.8 Å². The molecular formula is C17H19N5O3. The van der Waals surface area contributed by atoms with E-state index in [0.29, 0.717) is 16.9 Å². The van der Waals surface area contributed by atoms with Gasteiger partial charge in [-0.1, -0.05) is 0 Å². The molecule has 1 aliphatic carbocycles. The molecule has 130 valence electrons. The fourth-order valence-electron chi connectivity index (χ4n) is 3.87. The molecular weight excluding hydrogens is 322 g/mol. The summed E-state index contributed by atoms with van der Waals surface area (Å²) >= 11 is 0. The van der Waals surface area contributed by atoms with Gasteiger partial charge in [0, 0.05) is 25.0 Å². The molecule has 4 heterocycles. The van der Waals surface area contributed by atoms with E-state index in [-0.39, 0.29) is 23.4 Å². The van der Waals surface area contributed by atoms with Crippen molar-refractivity contribution in [3.63, 3.8) is 0 Å². The second-order valence-corrected chi connectivity index (χ2v) is 6.78. The Hall–Kier alpha value is -2.48. The normalized spacial score (nSPS) is 24.5. The van der Waals surface area contributed by atoms with E-state index in [2.05, 4.69) is 15.1 Å². The molecule has 2 aliphatic rings. The maximum Gasteiger partial charge on any atom is 0.262 e. The third kappa shape index (κ3) is 2.39.